The normalized spacial score (nSPS) is 24.9. The predicted molar refractivity (Wildman–Crippen MR) is 118 cm³/mol. The summed E-state index contributed by atoms with van der Waals surface area (Å²) in [6.45, 7) is 4.93. The second kappa shape index (κ2) is 7.37. The van der Waals surface area contributed by atoms with Crippen molar-refractivity contribution in [3.05, 3.63) is 70.9 Å². The predicted octanol–water partition coefficient (Wildman–Crippen LogP) is 5.34. The van der Waals surface area contributed by atoms with E-state index in [9.17, 15) is 0 Å². The highest BCUT2D eigenvalue weighted by atomic mass is 16.5. The van der Waals surface area contributed by atoms with Crippen LogP contribution in [-0.4, -0.2) is 28.6 Å². The molecule has 3 aromatic rings. The van der Waals surface area contributed by atoms with Gasteiger partial charge in [-0.15, -0.1) is 6.42 Å². The minimum Gasteiger partial charge on any atom is -0.375 e. The summed E-state index contributed by atoms with van der Waals surface area (Å²) < 4.78 is 6.29. The second-order valence-electron chi connectivity index (χ2n) is 8.62. The average molecular weight is 385 g/mol. The number of fused-ring (bicyclic) bond motifs is 1. The molecule has 2 fully saturated rings. The number of hydrogen-bond acceptors (Lipinski definition) is 2. The summed E-state index contributed by atoms with van der Waals surface area (Å²) in [5.41, 5.74) is 6.11. The van der Waals surface area contributed by atoms with Gasteiger partial charge in [0.05, 0.1) is 5.60 Å². The number of nitrogens with one attached hydrogen (secondary N) is 1. The highest BCUT2D eigenvalue weighted by molar-refractivity contribution is 5.88. The molecule has 1 aromatic heterocycles. The lowest BCUT2D eigenvalue weighted by molar-refractivity contribution is -0.0675. The molecule has 0 bridgehead atoms. The van der Waals surface area contributed by atoms with E-state index in [1.54, 1.807) is 0 Å². The molecule has 2 atom stereocenters. The summed E-state index contributed by atoms with van der Waals surface area (Å²) in [7, 11) is 0. The maximum Gasteiger partial charge on any atom is 0.0713 e. The van der Waals surface area contributed by atoms with E-state index in [0.29, 0.717) is 6.04 Å². The van der Waals surface area contributed by atoms with Crippen molar-refractivity contribution in [2.24, 2.45) is 0 Å². The Labute approximate surface area is 173 Å². The molecule has 3 heterocycles. The Morgan fingerprint density at radius 1 is 1.24 bits per heavy atom. The Kier molecular flexibility index (Phi) is 4.70. The van der Waals surface area contributed by atoms with Crippen molar-refractivity contribution in [1.29, 1.82) is 0 Å². The Morgan fingerprint density at radius 2 is 2.10 bits per heavy atom. The van der Waals surface area contributed by atoms with Crippen molar-refractivity contribution < 1.29 is 4.74 Å². The summed E-state index contributed by atoms with van der Waals surface area (Å²) in [4.78, 5) is 6.00. The number of aryl methyl sites for hydroxylation is 1. The number of ether oxygens (including phenoxy) is 1. The number of rotatable bonds is 3. The molecule has 1 unspecified atom stereocenters. The number of aromatic amines is 1. The molecule has 1 N–H and O–H groups in total. The number of terminal acetylenes is 1. The third-order valence-electron chi connectivity index (χ3n) is 6.90. The van der Waals surface area contributed by atoms with Gasteiger partial charge in [-0.05, 0) is 61.4 Å². The van der Waals surface area contributed by atoms with Gasteiger partial charge in [0.1, 0.15) is 0 Å². The number of piperidine rings is 1. The van der Waals surface area contributed by atoms with Gasteiger partial charge in [-0.3, -0.25) is 4.90 Å². The standard InChI is InChI=1S/C26H28N2O/c1-3-20-16-19(2)25-22(10-13-27-25)23(20)18-28-14-12-26(11-7-15-29-26)17-24(28)21-8-5-4-6-9-21/h1,4-6,8-10,13,16,24,27H,7,11-12,14-15,17-18H2,2H3/t24-,26?/m0/s1. The van der Waals surface area contributed by atoms with Gasteiger partial charge in [0, 0.05) is 48.4 Å². The van der Waals surface area contributed by atoms with Crippen molar-refractivity contribution in [2.75, 3.05) is 13.2 Å². The van der Waals surface area contributed by atoms with Crippen molar-refractivity contribution in [2.45, 2.75) is 50.8 Å². The Balaban J connectivity index is 1.53. The van der Waals surface area contributed by atoms with Crippen LogP contribution in [0.15, 0.2) is 48.7 Å². The van der Waals surface area contributed by atoms with Gasteiger partial charge < -0.3 is 9.72 Å². The monoisotopic (exact) mass is 384 g/mol. The van der Waals surface area contributed by atoms with Crippen LogP contribution in [0.2, 0.25) is 0 Å². The smallest absolute Gasteiger partial charge is 0.0713 e. The third kappa shape index (κ3) is 3.27. The van der Waals surface area contributed by atoms with E-state index in [0.717, 1.165) is 38.1 Å². The molecule has 2 aromatic carbocycles. The summed E-state index contributed by atoms with van der Waals surface area (Å²) in [6, 6.07) is 15.6. The topological polar surface area (TPSA) is 28.3 Å². The third-order valence-corrected chi connectivity index (χ3v) is 6.90. The molecule has 2 saturated heterocycles. The largest absolute Gasteiger partial charge is 0.375 e. The zero-order chi connectivity index (χ0) is 19.8. The van der Waals surface area contributed by atoms with E-state index in [2.05, 4.69) is 65.2 Å². The number of hydrogen-bond donors (Lipinski definition) is 1. The lowest BCUT2D eigenvalue weighted by Crippen LogP contribution is -2.45. The zero-order valence-corrected chi connectivity index (χ0v) is 17.1. The SMILES string of the molecule is C#Cc1cc(C)c2[nH]ccc2c1CN1CCC2(CCCO2)C[C@H]1c1ccccc1. The summed E-state index contributed by atoms with van der Waals surface area (Å²) in [5, 5.41) is 1.25. The number of benzene rings is 2. The molecule has 2 aliphatic rings. The van der Waals surface area contributed by atoms with Gasteiger partial charge in [0.15, 0.2) is 0 Å². The molecular formula is C26H28N2O. The Bertz CT molecular complexity index is 1050. The van der Waals surface area contributed by atoms with Crippen LogP contribution in [0, 0.1) is 19.3 Å². The highest BCUT2D eigenvalue weighted by Gasteiger charge is 2.43. The zero-order valence-electron chi connectivity index (χ0n) is 17.1. The second-order valence-corrected chi connectivity index (χ2v) is 8.62. The van der Waals surface area contributed by atoms with E-state index < -0.39 is 0 Å². The van der Waals surface area contributed by atoms with Crippen molar-refractivity contribution in [1.82, 2.24) is 9.88 Å². The molecule has 29 heavy (non-hydrogen) atoms. The minimum absolute atomic E-state index is 0.0582. The number of H-pyrrole nitrogens is 1. The van der Waals surface area contributed by atoms with Gasteiger partial charge in [0.2, 0.25) is 0 Å². The number of nitrogens with zero attached hydrogens (tertiary/aromatic N) is 1. The summed E-state index contributed by atoms with van der Waals surface area (Å²) >= 11 is 0. The fourth-order valence-corrected chi connectivity index (χ4v) is 5.36. The number of likely N-dealkylation sites (tertiary alicyclic amines) is 1. The van der Waals surface area contributed by atoms with Crippen LogP contribution in [0.3, 0.4) is 0 Å². The molecule has 0 radical (unpaired) electrons. The molecule has 0 saturated carbocycles. The fraction of sp³-hybridized carbons (Fsp3) is 0.385. The van der Waals surface area contributed by atoms with Crippen LogP contribution in [0.25, 0.3) is 10.9 Å². The molecule has 5 rings (SSSR count). The van der Waals surface area contributed by atoms with Crippen LogP contribution in [-0.2, 0) is 11.3 Å². The number of aromatic nitrogens is 1. The highest BCUT2D eigenvalue weighted by Crippen LogP contribution is 2.44. The van der Waals surface area contributed by atoms with Gasteiger partial charge in [-0.1, -0.05) is 36.3 Å². The lowest BCUT2D eigenvalue weighted by atomic mass is 9.81. The maximum atomic E-state index is 6.29. The first-order valence-electron chi connectivity index (χ1n) is 10.7. The van der Waals surface area contributed by atoms with E-state index in [-0.39, 0.29) is 5.60 Å². The molecular weight excluding hydrogens is 356 g/mol. The first-order valence-corrected chi connectivity index (χ1v) is 10.7. The van der Waals surface area contributed by atoms with Crippen LogP contribution in [0.1, 0.15) is 54.0 Å². The Hall–Kier alpha value is -2.54. The molecule has 3 nitrogen and oxygen atoms in total. The minimum atomic E-state index is 0.0582. The molecule has 2 aliphatic heterocycles. The van der Waals surface area contributed by atoms with Gasteiger partial charge >= 0.3 is 0 Å². The van der Waals surface area contributed by atoms with Crippen molar-refractivity contribution >= 4 is 10.9 Å². The first kappa shape index (κ1) is 18.5. The lowest BCUT2D eigenvalue weighted by Gasteiger charge is -2.45. The summed E-state index contributed by atoms with van der Waals surface area (Å²) in [6.07, 6.45) is 12.5. The van der Waals surface area contributed by atoms with Crippen molar-refractivity contribution in [3.8, 4) is 12.3 Å². The van der Waals surface area contributed by atoms with E-state index in [1.807, 2.05) is 6.20 Å². The molecule has 3 heteroatoms. The quantitative estimate of drug-likeness (QED) is 0.617. The van der Waals surface area contributed by atoms with E-state index >= 15 is 0 Å². The van der Waals surface area contributed by atoms with Crippen molar-refractivity contribution in [3.63, 3.8) is 0 Å². The first-order chi connectivity index (χ1) is 14.2. The molecule has 148 valence electrons. The Morgan fingerprint density at radius 3 is 2.86 bits per heavy atom. The fourth-order valence-electron chi connectivity index (χ4n) is 5.36. The molecule has 0 amide bonds. The maximum absolute atomic E-state index is 6.29. The van der Waals surface area contributed by atoms with Gasteiger partial charge in [-0.2, -0.15) is 0 Å². The van der Waals surface area contributed by atoms with Crippen LogP contribution < -0.4 is 0 Å². The van der Waals surface area contributed by atoms with Gasteiger partial charge in [-0.25, -0.2) is 0 Å². The molecule has 1 spiro atoms. The molecule has 0 aliphatic carbocycles. The van der Waals surface area contributed by atoms with Crippen LogP contribution in [0.5, 0.6) is 0 Å². The van der Waals surface area contributed by atoms with E-state index in [4.69, 9.17) is 11.2 Å². The van der Waals surface area contributed by atoms with Crippen LogP contribution in [0.4, 0.5) is 0 Å². The van der Waals surface area contributed by atoms with Crippen LogP contribution >= 0.6 is 0 Å². The summed E-state index contributed by atoms with van der Waals surface area (Å²) in [5.74, 6) is 2.95. The average Bonchev–Trinajstić information content (AvgIpc) is 3.42. The van der Waals surface area contributed by atoms with E-state index in [1.165, 1.54) is 40.4 Å². The van der Waals surface area contributed by atoms with Gasteiger partial charge in [0.25, 0.3) is 0 Å².